The van der Waals surface area contributed by atoms with Gasteiger partial charge in [0.2, 0.25) is 0 Å². The van der Waals surface area contributed by atoms with Crippen LogP contribution in [-0.2, 0) is 20.2 Å². The third-order valence-electron chi connectivity index (χ3n) is 3.31. The van der Waals surface area contributed by atoms with Crippen molar-refractivity contribution in [2.75, 3.05) is 11.5 Å². The molecule has 2 rings (SSSR count). The lowest BCUT2D eigenvalue weighted by Gasteiger charge is -2.35. The fourth-order valence-electron chi connectivity index (χ4n) is 2.18. The van der Waals surface area contributed by atoms with Gasteiger partial charge >= 0.3 is 0 Å². The van der Waals surface area contributed by atoms with Gasteiger partial charge in [0.1, 0.15) is 5.54 Å². The minimum absolute atomic E-state index is 0.000370. The van der Waals surface area contributed by atoms with Gasteiger partial charge in [0.15, 0.2) is 15.6 Å². The van der Waals surface area contributed by atoms with Crippen molar-refractivity contribution in [3.63, 3.8) is 0 Å². The average molecular weight is 242 g/mol. The Balaban J connectivity index is 2.37. The molecule has 1 aliphatic heterocycles. The SMILES string of the molecule is CC(=O)C1(n2ccnc2)CCS(=O)(=O)CC1. The molecule has 1 aromatic heterocycles. The average Bonchev–Trinajstić information content (AvgIpc) is 2.71. The first kappa shape index (κ1) is 11.3. The van der Waals surface area contributed by atoms with E-state index in [2.05, 4.69) is 4.98 Å². The zero-order valence-corrected chi connectivity index (χ0v) is 9.90. The van der Waals surface area contributed by atoms with Crippen LogP contribution in [-0.4, -0.2) is 35.3 Å². The summed E-state index contributed by atoms with van der Waals surface area (Å²) in [5, 5.41) is 0. The summed E-state index contributed by atoms with van der Waals surface area (Å²) in [5.74, 6) is 0.149. The highest BCUT2D eigenvalue weighted by Crippen LogP contribution is 2.32. The maximum Gasteiger partial charge on any atom is 0.155 e. The van der Waals surface area contributed by atoms with Gasteiger partial charge in [0, 0.05) is 12.4 Å². The Bertz CT molecular complexity index is 476. The monoisotopic (exact) mass is 242 g/mol. The van der Waals surface area contributed by atoms with Crippen molar-refractivity contribution < 1.29 is 13.2 Å². The van der Waals surface area contributed by atoms with Gasteiger partial charge in [-0.2, -0.15) is 0 Å². The molecule has 6 heteroatoms. The normalized spacial score (nSPS) is 22.8. The standard InChI is InChI=1S/C10H14N2O3S/c1-9(13)10(12-5-4-11-8-12)2-6-16(14,15)7-3-10/h4-5,8H,2-3,6-7H2,1H3. The van der Waals surface area contributed by atoms with Gasteiger partial charge in [-0.25, -0.2) is 13.4 Å². The van der Waals surface area contributed by atoms with Gasteiger partial charge in [-0.3, -0.25) is 4.79 Å². The number of rotatable bonds is 2. The fraction of sp³-hybridized carbons (Fsp3) is 0.600. The number of nitrogens with zero attached hydrogens (tertiary/aromatic N) is 2. The van der Waals surface area contributed by atoms with Crippen molar-refractivity contribution in [3.05, 3.63) is 18.7 Å². The lowest BCUT2D eigenvalue weighted by atomic mass is 9.88. The molecule has 0 amide bonds. The van der Waals surface area contributed by atoms with Gasteiger partial charge < -0.3 is 4.57 Å². The summed E-state index contributed by atoms with van der Waals surface area (Å²) < 4.78 is 24.5. The van der Waals surface area contributed by atoms with E-state index >= 15 is 0 Å². The minimum atomic E-state index is -2.96. The topological polar surface area (TPSA) is 69.0 Å². The second-order valence-corrected chi connectivity index (χ2v) is 6.51. The Kier molecular flexibility index (Phi) is 2.61. The molecule has 1 saturated heterocycles. The van der Waals surface area contributed by atoms with E-state index < -0.39 is 15.4 Å². The third kappa shape index (κ3) is 1.77. The molecule has 0 unspecified atom stereocenters. The molecule has 0 bridgehead atoms. The first-order valence-electron chi connectivity index (χ1n) is 5.16. The number of sulfone groups is 1. The fourth-order valence-corrected chi connectivity index (χ4v) is 3.68. The van der Waals surface area contributed by atoms with Gasteiger partial charge in [0.05, 0.1) is 17.8 Å². The number of carbonyl (C=O) groups is 1. The van der Waals surface area contributed by atoms with Crippen LogP contribution in [0.1, 0.15) is 19.8 Å². The van der Waals surface area contributed by atoms with Crippen molar-refractivity contribution >= 4 is 15.6 Å². The Labute approximate surface area is 94.4 Å². The largest absolute Gasteiger partial charge is 0.324 e. The van der Waals surface area contributed by atoms with Gasteiger partial charge in [-0.15, -0.1) is 0 Å². The number of imidazole rings is 1. The predicted octanol–water partition coefficient (Wildman–Crippen LogP) is 0.376. The van der Waals surface area contributed by atoms with Crippen LogP contribution in [0.15, 0.2) is 18.7 Å². The highest BCUT2D eigenvalue weighted by atomic mass is 32.2. The molecule has 0 atom stereocenters. The number of aromatic nitrogens is 2. The lowest BCUT2D eigenvalue weighted by Crippen LogP contribution is -2.46. The van der Waals surface area contributed by atoms with Crippen LogP contribution < -0.4 is 0 Å². The first-order valence-corrected chi connectivity index (χ1v) is 6.98. The van der Waals surface area contributed by atoms with Gasteiger partial charge in [0.25, 0.3) is 0 Å². The summed E-state index contributed by atoms with van der Waals surface area (Å²) in [6.07, 6.45) is 5.61. The predicted molar refractivity (Wildman–Crippen MR) is 58.8 cm³/mol. The zero-order valence-electron chi connectivity index (χ0n) is 9.09. The maximum absolute atomic E-state index is 11.8. The number of carbonyl (C=O) groups excluding carboxylic acids is 1. The van der Waals surface area contributed by atoms with Crippen LogP contribution in [0.25, 0.3) is 0 Å². The van der Waals surface area contributed by atoms with Crippen molar-refractivity contribution in [3.8, 4) is 0 Å². The second-order valence-electron chi connectivity index (χ2n) is 4.21. The quantitative estimate of drug-likeness (QED) is 0.751. The van der Waals surface area contributed by atoms with E-state index in [0.29, 0.717) is 12.8 Å². The van der Waals surface area contributed by atoms with E-state index in [1.165, 1.54) is 6.92 Å². The van der Waals surface area contributed by atoms with E-state index in [-0.39, 0.29) is 17.3 Å². The molecule has 5 nitrogen and oxygen atoms in total. The maximum atomic E-state index is 11.8. The van der Waals surface area contributed by atoms with Crippen LogP contribution in [0.2, 0.25) is 0 Å². The molecule has 0 spiro atoms. The Morgan fingerprint density at radius 3 is 2.44 bits per heavy atom. The number of hydrogen-bond donors (Lipinski definition) is 0. The highest BCUT2D eigenvalue weighted by molar-refractivity contribution is 7.91. The molecule has 0 saturated carbocycles. The smallest absolute Gasteiger partial charge is 0.155 e. The van der Waals surface area contributed by atoms with E-state index in [1.54, 1.807) is 23.3 Å². The molecule has 88 valence electrons. The summed E-state index contributed by atoms with van der Waals surface area (Å²) >= 11 is 0. The molecular weight excluding hydrogens is 228 g/mol. The molecule has 0 aliphatic carbocycles. The Morgan fingerprint density at radius 2 is 2.00 bits per heavy atom. The highest BCUT2D eigenvalue weighted by Gasteiger charge is 2.42. The van der Waals surface area contributed by atoms with E-state index in [1.807, 2.05) is 0 Å². The van der Waals surface area contributed by atoms with Gasteiger partial charge in [-0.05, 0) is 19.8 Å². The van der Waals surface area contributed by atoms with Crippen LogP contribution >= 0.6 is 0 Å². The summed E-state index contributed by atoms with van der Waals surface area (Å²) in [6.45, 7) is 1.51. The molecule has 16 heavy (non-hydrogen) atoms. The van der Waals surface area contributed by atoms with Crippen molar-refractivity contribution in [2.45, 2.75) is 25.3 Å². The lowest BCUT2D eigenvalue weighted by molar-refractivity contribution is -0.126. The summed E-state index contributed by atoms with van der Waals surface area (Å²) in [5.41, 5.74) is -0.707. The number of hydrogen-bond acceptors (Lipinski definition) is 4. The van der Waals surface area contributed by atoms with E-state index in [0.717, 1.165) is 0 Å². The van der Waals surface area contributed by atoms with Gasteiger partial charge in [-0.1, -0.05) is 0 Å². The molecule has 2 heterocycles. The molecule has 1 aliphatic rings. The molecular formula is C10H14N2O3S. The van der Waals surface area contributed by atoms with Crippen LogP contribution in [0.5, 0.6) is 0 Å². The first-order chi connectivity index (χ1) is 7.46. The zero-order chi connectivity index (χ0) is 11.8. The molecule has 1 fully saturated rings. The summed E-state index contributed by atoms with van der Waals surface area (Å²) in [7, 11) is -2.96. The molecule has 0 N–H and O–H groups in total. The van der Waals surface area contributed by atoms with E-state index in [4.69, 9.17) is 0 Å². The molecule has 0 radical (unpaired) electrons. The van der Waals surface area contributed by atoms with Crippen molar-refractivity contribution in [1.29, 1.82) is 0 Å². The third-order valence-corrected chi connectivity index (χ3v) is 4.96. The van der Waals surface area contributed by atoms with Crippen molar-refractivity contribution in [2.24, 2.45) is 0 Å². The molecule has 1 aromatic rings. The van der Waals surface area contributed by atoms with Crippen LogP contribution in [0, 0.1) is 0 Å². The van der Waals surface area contributed by atoms with Crippen LogP contribution in [0.4, 0.5) is 0 Å². The summed E-state index contributed by atoms with van der Waals surface area (Å²) in [6, 6.07) is 0. The number of ketones is 1. The number of Topliss-reactive ketones (excluding diaryl/α,β-unsaturated/α-hetero) is 1. The Morgan fingerprint density at radius 1 is 1.38 bits per heavy atom. The second kappa shape index (κ2) is 3.69. The van der Waals surface area contributed by atoms with Crippen LogP contribution in [0.3, 0.4) is 0 Å². The van der Waals surface area contributed by atoms with E-state index in [9.17, 15) is 13.2 Å². The minimum Gasteiger partial charge on any atom is -0.324 e. The Hall–Kier alpha value is -1.17. The summed E-state index contributed by atoms with van der Waals surface area (Å²) in [4.78, 5) is 15.7. The molecule has 0 aromatic carbocycles. The van der Waals surface area contributed by atoms with Crippen molar-refractivity contribution in [1.82, 2.24) is 9.55 Å².